The van der Waals surface area contributed by atoms with Crippen LogP contribution in [0.5, 0.6) is 0 Å². The van der Waals surface area contributed by atoms with Crippen molar-refractivity contribution in [2.24, 2.45) is 0 Å². The zero-order chi connectivity index (χ0) is 7.19. The van der Waals surface area contributed by atoms with Gasteiger partial charge in [-0.2, -0.15) is 0 Å². The van der Waals surface area contributed by atoms with Crippen LogP contribution < -0.4 is 0 Å². The molecule has 0 aromatic rings. The summed E-state index contributed by atoms with van der Waals surface area (Å²) in [5.74, 6) is 0.183. The fourth-order valence-corrected chi connectivity index (χ4v) is 1.58. The molecule has 0 amide bonds. The van der Waals surface area contributed by atoms with Gasteiger partial charge in [-0.15, -0.1) is 0 Å². The fraction of sp³-hybridized carbons (Fsp3) is 0.857. The van der Waals surface area contributed by atoms with E-state index in [0.29, 0.717) is 19.6 Å². The maximum absolute atomic E-state index is 10.9. The highest BCUT2D eigenvalue weighted by Gasteiger charge is 2.54. The molecule has 0 radical (unpaired) electrons. The van der Waals surface area contributed by atoms with Crippen LogP contribution in [0.15, 0.2) is 0 Å². The number of carbonyl (C=O) groups is 1. The van der Waals surface area contributed by atoms with Gasteiger partial charge in [0, 0.05) is 6.42 Å². The summed E-state index contributed by atoms with van der Waals surface area (Å²) in [7, 11) is 0. The van der Waals surface area contributed by atoms with E-state index in [0.717, 1.165) is 0 Å². The van der Waals surface area contributed by atoms with Gasteiger partial charge in [0.05, 0.1) is 13.2 Å². The highest BCUT2D eigenvalue weighted by atomic mass is 16.6. The Hall–Kier alpha value is -0.410. The Labute approximate surface area is 59.3 Å². The third kappa shape index (κ3) is 0.646. The van der Waals surface area contributed by atoms with Gasteiger partial charge >= 0.3 is 0 Å². The Morgan fingerprint density at radius 1 is 1.60 bits per heavy atom. The zero-order valence-electron chi connectivity index (χ0n) is 5.92. The van der Waals surface area contributed by atoms with E-state index in [2.05, 4.69) is 0 Å². The summed E-state index contributed by atoms with van der Waals surface area (Å²) < 4.78 is 10.6. The SMILES string of the molecule is CC12CC(=O)C1OCCO2. The average molecular weight is 142 g/mol. The highest BCUT2D eigenvalue weighted by molar-refractivity contribution is 5.92. The van der Waals surface area contributed by atoms with Crippen molar-refractivity contribution < 1.29 is 14.3 Å². The number of hydrogen-bond donors (Lipinski definition) is 0. The van der Waals surface area contributed by atoms with E-state index >= 15 is 0 Å². The van der Waals surface area contributed by atoms with Crippen molar-refractivity contribution in [3.8, 4) is 0 Å². The molecule has 2 fully saturated rings. The number of carbonyl (C=O) groups excluding carboxylic acids is 1. The van der Waals surface area contributed by atoms with Crippen LogP contribution in [0.25, 0.3) is 0 Å². The maximum atomic E-state index is 10.9. The second-order valence-corrected chi connectivity index (χ2v) is 3.06. The maximum Gasteiger partial charge on any atom is 0.167 e. The molecular weight excluding hydrogens is 132 g/mol. The molecule has 1 saturated heterocycles. The zero-order valence-corrected chi connectivity index (χ0v) is 5.92. The van der Waals surface area contributed by atoms with E-state index in [1.807, 2.05) is 6.92 Å². The molecule has 1 aliphatic heterocycles. The third-order valence-corrected chi connectivity index (χ3v) is 2.17. The van der Waals surface area contributed by atoms with Gasteiger partial charge in [-0.3, -0.25) is 4.79 Å². The lowest BCUT2D eigenvalue weighted by Gasteiger charge is -2.47. The lowest BCUT2D eigenvalue weighted by atomic mass is 9.76. The van der Waals surface area contributed by atoms with E-state index in [1.165, 1.54) is 0 Å². The first-order chi connectivity index (χ1) is 4.72. The van der Waals surface area contributed by atoms with Gasteiger partial charge < -0.3 is 9.47 Å². The first-order valence-corrected chi connectivity index (χ1v) is 3.51. The van der Waals surface area contributed by atoms with E-state index in [-0.39, 0.29) is 17.5 Å². The highest BCUT2D eigenvalue weighted by Crippen LogP contribution is 2.36. The van der Waals surface area contributed by atoms with Crippen molar-refractivity contribution in [2.75, 3.05) is 13.2 Å². The van der Waals surface area contributed by atoms with Crippen LogP contribution in [0.2, 0.25) is 0 Å². The molecule has 3 nitrogen and oxygen atoms in total. The molecule has 0 bridgehead atoms. The van der Waals surface area contributed by atoms with Crippen molar-refractivity contribution in [2.45, 2.75) is 25.0 Å². The Balaban J connectivity index is 2.13. The molecule has 0 aromatic heterocycles. The molecule has 0 aromatic carbocycles. The number of fused-ring (bicyclic) bond motifs is 1. The summed E-state index contributed by atoms with van der Waals surface area (Å²) in [5, 5.41) is 0. The minimum atomic E-state index is -0.282. The lowest BCUT2D eigenvalue weighted by molar-refractivity contribution is -0.229. The van der Waals surface area contributed by atoms with Crippen molar-refractivity contribution in [1.82, 2.24) is 0 Å². The van der Waals surface area contributed by atoms with E-state index < -0.39 is 0 Å². The van der Waals surface area contributed by atoms with Crippen molar-refractivity contribution in [3.05, 3.63) is 0 Å². The summed E-state index contributed by atoms with van der Waals surface area (Å²) in [4.78, 5) is 10.9. The number of ketones is 1. The largest absolute Gasteiger partial charge is 0.369 e. The quantitative estimate of drug-likeness (QED) is 0.482. The van der Waals surface area contributed by atoms with Crippen LogP contribution in [0.1, 0.15) is 13.3 Å². The number of Topliss-reactive ketones (excluding diaryl/α,β-unsaturated/α-hetero) is 1. The first kappa shape index (κ1) is 6.31. The van der Waals surface area contributed by atoms with Crippen LogP contribution in [0, 0.1) is 0 Å². The summed E-state index contributed by atoms with van der Waals surface area (Å²) in [6.45, 7) is 3.12. The Morgan fingerprint density at radius 2 is 2.40 bits per heavy atom. The van der Waals surface area contributed by atoms with Crippen LogP contribution in [-0.4, -0.2) is 30.7 Å². The molecule has 1 aliphatic carbocycles. The molecule has 0 N–H and O–H groups in total. The summed E-state index contributed by atoms with van der Waals surface area (Å²) >= 11 is 0. The van der Waals surface area contributed by atoms with Crippen LogP contribution >= 0.6 is 0 Å². The average Bonchev–Trinajstić information content (AvgIpc) is 1.86. The predicted molar refractivity (Wildman–Crippen MR) is 33.7 cm³/mol. The molecular formula is C7H10O3. The molecule has 3 heteroatoms. The van der Waals surface area contributed by atoms with E-state index in [9.17, 15) is 4.79 Å². The minimum Gasteiger partial charge on any atom is -0.369 e. The summed E-state index contributed by atoms with van der Waals surface area (Å²) in [5.41, 5.74) is -0.282. The molecule has 2 rings (SSSR count). The van der Waals surface area contributed by atoms with Gasteiger partial charge in [-0.05, 0) is 6.92 Å². The lowest BCUT2D eigenvalue weighted by Crippen LogP contribution is -2.63. The molecule has 2 atom stereocenters. The Kier molecular flexibility index (Phi) is 1.13. The van der Waals surface area contributed by atoms with Gasteiger partial charge in [0.1, 0.15) is 11.7 Å². The second-order valence-electron chi connectivity index (χ2n) is 3.06. The van der Waals surface area contributed by atoms with Crippen molar-refractivity contribution >= 4 is 5.78 Å². The van der Waals surface area contributed by atoms with Gasteiger partial charge in [0.2, 0.25) is 0 Å². The van der Waals surface area contributed by atoms with Gasteiger partial charge in [-0.25, -0.2) is 0 Å². The number of rotatable bonds is 0. The van der Waals surface area contributed by atoms with E-state index in [4.69, 9.17) is 9.47 Å². The predicted octanol–water partition coefficient (Wildman–Crippen LogP) is 0.133. The first-order valence-electron chi connectivity index (χ1n) is 3.51. The van der Waals surface area contributed by atoms with Crippen molar-refractivity contribution in [1.29, 1.82) is 0 Å². The summed E-state index contributed by atoms with van der Waals surface area (Å²) in [6.07, 6.45) is 0.263. The minimum absolute atomic E-state index is 0.183. The molecule has 1 saturated carbocycles. The van der Waals surface area contributed by atoms with Gasteiger partial charge in [0.25, 0.3) is 0 Å². The summed E-state index contributed by atoms with van der Waals surface area (Å²) in [6, 6.07) is 0. The Morgan fingerprint density at radius 3 is 2.90 bits per heavy atom. The normalized spacial score (nSPS) is 46.1. The molecule has 2 unspecified atom stereocenters. The monoisotopic (exact) mass is 142 g/mol. The topological polar surface area (TPSA) is 35.5 Å². The van der Waals surface area contributed by atoms with Gasteiger partial charge in [-0.1, -0.05) is 0 Å². The molecule has 56 valence electrons. The standard InChI is InChI=1S/C7H10O3/c1-7-4-5(8)6(7)9-2-3-10-7/h6H,2-4H2,1H3. The van der Waals surface area contributed by atoms with Crippen molar-refractivity contribution in [3.63, 3.8) is 0 Å². The van der Waals surface area contributed by atoms with Crippen LogP contribution in [-0.2, 0) is 14.3 Å². The molecule has 0 spiro atoms. The number of ether oxygens (including phenoxy) is 2. The van der Waals surface area contributed by atoms with Crippen LogP contribution in [0.3, 0.4) is 0 Å². The van der Waals surface area contributed by atoms with E-state index in [1.54, 1.807) is 0 Å². The second kappa shape index (κ2) is 1.80. The molecule has 10 heavy (non-hydrogen) atoms. The number of hydrogen-bond acceptors (Lipinski definition) is 3. The fourth-order valence-electron chi connectivity index (χ4n) is 1.58. The van der Waals surface area contributed by atoms with Gasteiger partial charge in [0.15, 0.2) is 5.78 Å². The molecule has 2 aliphatic rings. The smallest absolute Gasteiger partial charge is 0.167 e. The Bertz CT molecular complexity index is 178. The van der Waals surface area contributed by atoms with Crippen LogP contribution in [0.4, 0.5) is 0 Å². The third-order valence-electron chi connectivity index (χ3n) is 2.17. The molecule has 1 heterocycles.